The molecule has 0 fully saturated rings. The molecule has 17 heteroatoms. The highest BCUT2D eigenvalue weighted by Gasteiger charge is 2.51. The van der Waals surface area contributed by atoms with Crippen LogP contribution in [0.1, 0.15) is 25.8 Å². The molecule has 1 aliphatic rings. The molecule has 0 aliphatic carbocycles. The predicted octanol–water partition coefficient (Wildman–Crippen LogP) is 5.12. The molecule has 3 rings (SSSR count). The summed E-state index contributed by atoms with van der Waals surface area (Å²) in [4.78, 5) is 16.0. The summed E-state index contributed by atoms with van der Waals surface area (Å²) >= 11 is 0.655. The molecule has 0 atom stereocenters. The first-order valence-corrected chi connectivity index (χ1v) is 12.8. The number of hydrogen-bond acceptors (Lipinski definition) is 8. The fourth-order valence-electron chi connectivity index (χ4n) is 2.94. The van der Waals surface area contributed by atoms with Gasteiger partial charge >= 0.3 is 18.4 Å². The van der Waals surface area contributed by atoms with E-state index in [1.807, 2.05) is 0 Å². The van der Waals surface area contributed by atoms with Gasteiger partial charge in [-0.2, -0.15) is 34.8 Å². The Labute approximate surface area is 211 Å². The Balaban J connectivity index is 1.93. The van der Waals surface area contributed by atoms with Crippen molar-refractivity contribution in [3.8, 4) is 10.8 Å². The minimum atomic E-state index is -4.85. The van der Waals surface area contributed by atoms with Gasteiger partial charge in [0.2, 0.25) is 15.7 Å². The Bertz CT molecular complexity index is 1260. The number of benzene rings is 1. The van der Waals surface area contributed by atoms with Gasteiger partial charge in [0.25, 0.3) is 10.0 Å². The number of aryl methyl sites for hydroxylation is 1. The first-order valence-electron chi connectivity index (χ1n) is 10.5. The van der Waals surface area contributed by atoms with Crippen molar-refractivity contribution in [2.75, 3.05) is 29.4 Å². The van der Waals surface area contributed by atoms with Gasteiger partial charge in [-0.3, -0.25) is 9.62 Å². The number of sulfonamides is 1. The number of alkyl halides is 6. The summed E-state index contributed by atoms with van der Waals surface area (Å²) in [6.07, 6.45) is -10.8. The summed E-state index contributed by atoms with van der Waals surface area (Å²) in [7, 11) is -4.59. The van der Waals surface area contributed by atoms with Gasteiger partial charge < -0.3 is 14.2 Å². The summed E-state index contributed by atoms with van der Waals surface area (Å²) in [6, 6.07) is 3.62. The monoisotopic (exact) mass is 577 g/mol. The number of amides is 1. The van der Waals surface area contributed by atoms with E-state index in [1.54, 1.807) is 6.92 Å². The molecule has 1 aromatic carbocycles. The minimum Gasteiger partial charge on any atom is -0.489 e. The molecule has 1 aliphatic heterocycles. The molecular formula is C20H21F6N3O6S2. The van der Waals surface area contributed by atoms with Crippen LogP contribution in [-0.2, 0) is 21.2 Å². The predicted molar refractivity (Wildman–Crippen MR) is 120 cm³/mol. The molecule has 1 N–H and O–H groups in total. The topological polar surface area (TPSA) is 107 Å². The number of rotatable bonds is 7. The molecule has 2 aromatic rings. The number of halogens is 6. The fourth-order valence-corrected chi connectivity index (χ4v) is 5.61. The Kier molecular flexibility index (Phi) is 7.79. The molecular weight excluding hydrogens is 556 g/mol. The van der Waals surface area contributed by atoms with E-state index in [0.29, 0.717) is 25.2 Å². The SMILES string of the molecule is CCc1nc(S(=O)(=O)N2CCOc3ccc(NC(=O)OC(C)(C)C(F)(F)F)cc32)c(OCC(F)(F)F)s1. The Morgan fingerprint density at radius 1 is 1.22 bits per heavy atom. The van der Waals surface area contributed by atoms with Gasteiger partial charge in [-0.25, -0.2) is 9.78 Å². The van der Waals surface area contributed by atoms with E-state index in [-0.39, 0.29) is 41.7 Å². The maximum Gasteiger partial charge on any atom is 0.427 e. The second kappa shape index (κ2) is 10.1. The largest absolute Gasteiger partial charge is 0.489 e. The van der Waals surface area contributed by atoms with Crippen LogP contribution in [0.5, 0.6) is 10.8 Å². The summed E-state index contributed by atoms with van der Waals surface area (Å²) in [5.74, 6) is 0.0352. The number of nitrogens with one attached hydrogen (secondary N) is 1. The molecule has 0 radical (unpaired) electrons. The molecule has 37 heavy (non-hydrogen) atoms. The lowest BCUT2D eigenvalue weighted by atomic mass is 10.1. The number of hydrogen-bond donors (Lipinski definition) is 1. The van der Waals surface area contributed by atoms with E-state index in [9.17, 15) is 39.6 Å². The second-order valence-corrected chi connectivity index (χ2v) is 10.9. The van der Waals surface area contributed by atoms with Gasteiger partial charge in [0.1, 0.15) is 12.4 Å². The lowest BCUT2D eigenvalue weighted by molar-refractivity contribution is -0.242. The Morgan fingerprint density at radius 2 is 1.89 bits per heavy atom. The first-order chi connectivity index (χ1) is 16.9. The Hall–Kier alpha value is -2.95. The molecule has 0 unspecified atom stereocenters. The van der Waals surface area contributed by atoms with E-state index in [1.165, 1.54) is 12.1 Å². The maximum atomic E-state index is 13.5. The third kappa shape index (κ3) is 6.49. The number of nitrogens with zero attached hydrogens (tertiary/aromatic N) is 2. The number of fused-ring (bicyclic) bond motifs is 1. The number of carbonyl (C=O) groups is 1. The zero-order valence-corrected chi connectivity index (χ0v) is 21.1. The molecule has 0 saturated heterocycles. The van der Waals surface area contributed by atoms with E-state index >= 15 is 0 Å². The standard InChI is InChI=1S/C20H21F6N3O6S2/c1-4-14-28-15(16(36-14)34-10-19(21,22)23)37(31,32)29-7-8-33-13-6-5-11(9-12(13)29)27-17(30)35-18(2,3)20(24,25)26/h5-6,9H,4,7-8,10H2,1-3H3,(H,27,30). The zero-order chi connectivity index (χ0) is 27.8. The molecule has 0 bridgehead atoms. The van der Waals surface area contributed by atoms with Crippen molar-refractivity contribution in [3.63, 3.8) is 0 Å². The highest BCUT2D eigenvalue weighted by Crippen LogP contribution is 2.41. The fraction of sp³-hybridized carbons (Fsp3) is 0.500. The molecule has 0 saturated carbocycles. The second-order valence-electron chi connectivity index (χ2n) is 8.09. The van der Waals surface area contributed by atoms with E-state index in [0.717, 1.165) is 10.4 Å². The van der Waals surface area contributed by atoms with Crippen LogP contribution in [0.2, 0.25) is 0 Å². The molecule has 9 nitrogen and oxygen atoms in total. The smallest absolute Gasteiger partial charge is 0.427 e. The zero-order valence-electron chi connectivity index (χ0n) is 19.5. The minimum absolute atomic E-state index is 0.0352. The van der Waals surface area contributed by atoms with Crippen LogP contribution >= 0.6 is 11.3 Å². The molecule has 1 amide bonds. The van der Waals surface area contributed by atoms with Crippen LogP contribution in [0.25, 0.3) is 0 Å². The van der Waals surface area contributed by atoms with Crippen molar-refractivity contribution in [2.45, 2.75) is 50.2 Å². The summed E-state index contributed by atoms with van der Waals surface area (Å²) in [5, 5.41) is 1.04. The van der Waals surface area contributed by atoms with Gasteiger partial charge in [0.15, 0.2) is 6.61 Å². The third-order valence-electron chi connectivity index (χ3n) is 4.87. The number of anilines is 2. The normalized spacial score (nSPS) is 14.6. The van der Waals surface area contributed by atoms with Crippen molar-refractivity contribution in [1.82, 2.24) is 4.98 Å². The van der Waals surface area contributed by atoms with E-state index in [2.05, 4.69) is 15.0 Å². The summed E-state index contributed by atoms with van der Waals surface area (Å²) in [6.45, 7) is 0.804. The van der Waals surface area contributed by atoms with Crippen molar-refractivity contribution in [3.05, 3.63) is 23.2 Å². The van der Waals surface area contributed by atoms with Crippen LogP contribution in [-0.4, -0.2) is 57.2 Å². The van der Waals surface area contributed by atoms with E-state index in [4.69, 9.17) is 9.47 Å². The number of aromatic nitrogens is 1. The molecule has 1 aromatic heterocycles. The van der Waals surface area contributed by atoms with Crippen LogP contribution < -0.4 is 19.1 Å². The van der Waals surface area contributed by atoms with Gasteiger partial charge in [0.05, 0.1) is 17.2 Å². The van der Waals surface area contributed by atoms with Crippen LogP contribution in [0.15, 0.2) is 23.2 Å². The van der Waals surface area contributed by atoms with Crippen LogP contribution in [0, 0.1) is 0 Å². The lowest BCUT2D eigenvalue weighted by Gasteiger charge is -2.30. The summed E-state index contributed by atoms with van der Waals surface area (Å²) < 4.78 is 119. The van der Waals surface area contributed by atoms with Crippen molar-refractivity contribution in [1.29, 1.82) is 0 Å². The van der Waals surface area contributed by atoms with Crippen LogP contribution in [0.4, 0.5) is 42.5 Å². The lowest BCUT2D eigenvalue weighted by Crippen LogP contribution is -2.44. The van der Waals surface area contributed by atoms with Crippen LogP contribution in [0.3, 0.4) is 0 Å². The Morgan fingerprint density at radius 3 is 2.49 bits per heavy atom. The third-order valence-corrected chi connectivity index (χ3v) is 7.84. The highest BCUT2D eigenvalue weighted by molar-refractivity contribution is 7.93. The van der Waals surface area contributed by atoms with Gasteiger partial charge in [-0.1, -0.05) is 18.3 Å². The quantitative estimate of drug-likeness (QED) is 0.455. The molecule has 0 spiro atoms. The van der Waals surface area contributed by atoms with Crippen molar-refractivity contribution < 1.29 is 53.8 Å². The highest BCUT2D eigenvalue weighted by atomic mass is 32.2. The first kappa shape index (κ1) is 28.6. The van der Waals surface area contributed by atoms with Crippen molar-refractivity contribution in [2.24, 2.45) is 0 Å². The number of carbonyl (C=O) groups excluding carboxylic acids is 1. The van der Waals surface area contributed by atoms with Gasteiger partial charge in [-0.15, -0.1) is 0 Å². The van der Waals surface area contributed by atoms with Gasteiger partial charge in [0, 0.05) is 5.69 Å². The van der Waals surface area contributed by atoms with E-state index < -0.39 is 50.8 Å². The van der Waals surface area contributed by atoms with Gasteiger partial charge in [-0.05, 0) is 38.5 Å². The average Bonchev–Trinajstić information content (AvgIpc) is 3.20. The number of thiazole rings is 1. The van der Waals surface area contributed by atoms with Crippen molar-refractivity contribution >= 4 is 38.8 Å². The summed E-state index contributed by atoms with van der Waals surface area (Å²) in [5.41, 5.74) is -3.07. The molecule has 2 heterocycles. The average molecular weight is 578 g/mol. The maximum absolute atomic E-state index is 13.5. The molecule has 206 valence electrons. The number of ether oxygens (including phenoxy) is 3.